The van der Waals surface area contributed by atoms with Gasteiger partial charge < -0.3 is 29.2 Å². The zero-order chi connectivity index (χ0) is 44.3. The maximum absolute atomic E-state index is 14.4. The number of aryl methyl sites for hydroxylation is 2. The zero-order valence-corrected chi connectivity index (χ0v) is 38.4. The summed E-state index contributed by atoms with van der Waals surface area (Å²) in [5.41, 5.74) is 13.6. The predicted molar refractivity (Wildman–Crippen MR) is 247 cm³/mol. The minimum atomic E-state index is -0.879. The molecule has 64 heavy (non-hydrogen) atoms. The second-order valence-corrected chi connectivity index (χ2v) is 20.2. The van der Waals surface area contributed by atoms with Gasteiger partial charge in [-0.05, 0) is 105 Å². The molecule has 1 saturated carbocycles. The fourth-order valence-corrected chi connectivity index (χ4v) is 11.2. The van der Waals surface area contributed by atoms with Gasteiger partial charge in [-0.15, -0.1) is 11.3 Å². The fraction of sp³-hybridized carbons (Fsp3) is 0.510. The van der Waals surface area contributed by atoms with E-state index in [0.717, 1.165) is 95.4 Å². The van der Waals surface area contributed by atoms with Crippen LogP contribution in [0.1, 0.15) is 85.9 Å². The number of aromatic nitrogens is 4. The summed E-state index contributed by atoms with van der Waals surface area (Å²) in [5, 5.41) is 8.63. The molecule has 2 amide bonds. The van der Waals surface area contributed by atoms with E-state index in [2.05, 4.69) is 81.5 Å². The highest BCUT2D eigenvalue weighted by molar-refractivity contribution is 7.10. The summed E-state index contributed by atoms with van der Waals surface area (Å²) in [6, 6.07) is 9.23. The number of methoxy groups -OCH3 is 1. The van der Waals surface area contributed by atoms with Crippen molar-refractivity contribution in [2.24, 2.45) is 11.3 Å². The summed E-state index contributed by atoms with van der Waals surface area (Å²) in [6.45, 7) is 11.7. The Morgan fingerprint density at radius 2 is 1.88 bits per heavy atom. The number of fused-ring (bicyclic) bond motifs is 6. The molecule has 14 nitrogen and oxygen atoms in total. The normalized spacial score (nSPS) is 24.3. The average molecular weight is 886 g/mol. The van der Waals surface area contributed by atoms with Crippen LogP contribution in [0.5, 0.6) is 0 Å². The summed E-state index contributed by atoms with van der Waals surface area (Å²) in [7, 11) is 3.92. The number of piperazine rings is 1. The van der Waals surface area contributed by atoms with Crippen molar-refractivity contribution in [3.8, 4) is 22.5 Å². The number of benzene rings is 1. The second kappa shape index (κ2) is 17.3. The van der Waals surface area contributed by atoms with Gasteiger partial charge in [0.15, 0.2) is 0 Å². The summed E-state index contributed by atoms with van der Waals surface area (Å²) in [4.78, 5) is 61.6. The van der Waals surface area contributed by atoms with E-state index >= 15 is 0 Å². The summed E-state index contributed by atoms with van der Waals surface area (Å²) in [5.74, 6) is -0.977. The molecule has 0 unspecified atom stereocenters. The molecule has 5 aromatic rings. The number of cyclic esters (lactones) is 1. The third-order valence-corrected chi connectivity index (χ3v) is 14.9. The van der Waals surface area contributed by atoms with E-state index < -0.39 is 17.5 Å². The molecule has 3 fully saturated rings. The number of ether oxygens (including phenoxy) is 2. The van der Waals surface area contributed by atoms with Crippen molar-refractivity contribution < 1.29 is 23.9 Å². The summed E-state index contributed by atoms with van der Waals surface area (Å²) in [6.07, 6.45) is 9.89. The Hall–Kier alpha value is -5.22. The topological polar surface area (TPSA) is 147 Å². The first-order valence-corrected chi connectivity index (χ1v) is 23.9. The van der Waals surface area contributed by atoms with E-state index in [4.69, 9.17) is 19.4 Å². The first-order chi connectivity index (χ1) is 30.9. The lowest BCUT2D eigenvalue weighted by Gasteiger charge is -2.35. The monoisotopic (exact) mass is 885 g/mol. The van der Waals surface area contributed by atoms with Gasteiger partial charge in [0.1, 0.15) is 12.1 Å². The van der Waals surface area contributed by atoms with Crippen LogP contribution < -0.4 is 15.6 Å². The molecule has 0 radical (unpaired) electrons. The van der Waals surface area contributed by atoms with Crippen LogP contribution in [0.4, 0.5) is 5.69 Å². The van der Waals surface area contributed by atoms with Crippen LogP contribution in [0, 0.1) is 11.3 Å². The van der Waals surface area contributed by atoms with Gasteiger partial charge in [-0.2, -0.15) is 0 Å². The number of thiazole rings is 1. The molecule has 6 bridgehead atoms. The quantitative estimate of drug-likeness (QED) is 0.184. The van der Waals surface area contributed by atoms with Gasteiger partial charge in [-0.1, -0.05) is 13.8 Å². The predicted octanol–water partition coefficient (Wildman–Crippen LogP) is 6.08. The highest BCUT2D eigenvalue weighted by Gasteiger charge is 2.45. The lowest BCUT2D eigenvalue weighted by molar-refractivity contribution is -0.155. The van der Waals surface area contributed by atoms with E-state index in [-0.39, 0.29) is 48.8 Å². The van der Waals surface area contributed by atoms with Crippen LogP contribution in [0.2, 0.25) is 0 Å². The van der Waals surface area contributed by atoms with Gasteiger partial charge in [-0.25, -0.2) is 10.4 Å². The van der Waals surface area contributed by atoms with E-state index in [9.17, 15) is 14.4 Å². The molecule has 1 aliphatic carbocycles. The number of esters is 1. The minimum Gasteiger partial charge on any atom is -0.464 e. The molecule has 336 valence electrons. The molecule has 2 N–H and O–H groups in total. The average Bonchev–Trinajstić information content (AvgIpc) is 3.89. The van der Waals surface area contributed by atoms with Gasteiger partial charge >= 0.3 is 5.97 Å². The number of hydrogen-bond acceptors (Lipinski definition) is 12. The third kappa shape index (κ3) is 8.31. The molecule has 4 aromatic heterocycles. The molecule has 15 heteroatoms. The highest BCUT2D eigenvalue weighted by Crippen LogP contribution is 2.48. The van der Waals surface area contributed by atoms with E-state index in [1.165, 1.54) is 33.0 Å². The van der Waals surface area contributed by atoms with Gasteiger partial charge in [0.2, 0.25) is 5.91 Å². The van der Waals surface area contributed by atoms with Crippen LogP contribution in [0.25, 0.3) is 33.4 Å². The summed E-state index contributed by atoms with van der Waals surface area (Å²) >= 11 is 1.51. The first-order valence-electron chi connectivity index (χ1n) is 23.0. The fourth-order valence-electron chi connectivity index (χ4n) is 10.3. The molecule has 1 aromatic carbocycles. The smallest absolute Gasteiger partial charge is 0.324 e. The standard InChI is InChI=1S/C49H59N9O5S/c1-29(62-5)43-37(22-33(26-51-43)56-18-16-55(4)17-19-56)45-38-25-49(2,3)28-63-48(61)39-9-7-15-58(54-39)47(60)40(53-46(59)36-23-34(36)30-10-12-50-13-11-30)24-42-52-41(27-64-42)32-20-31-8-6-14-57(45)44(31)35(38)21-32/h10-13,20-22,26-27,29,34,36,39-40,54H,6-9,14-19,23-25,28H2,1-5H3,(H,53,59)/t29-,34-,36+,39-,40-/m0/s1. The highest BCUT2D eigenvalue weighted by atomic mass is 32.1. The zero-order valence-electron chi connectivity index (χ0n) is 37.6. The molecule has 5 aliphatic rings. The number of pyridine rings is 2. The Morgan fingerprint density at radius 1 is 1.06 bits per heavy atom. The van der Waals surface area contributed by atoms with Crippen molar-refractivity contribution in [2.75, 3.05) is 58.4 Å². The van der Waals surface area contributed by atoms with Crippen molar-refractivity contribution in [3.05, 3.63) is 81.7 Å². The number of amides is 2. The minimum absolute atomic E-state index is 0.0867. The SMILES string of the molecule is CO[C@@H](C)c1ncc(N2CCN(C)CC2)cc1-c1c2c3cc(cc4c3n1CCC4)-c1csc(n1)C[C@H](NC(=O)[C@@H]1C[C@H]1c1ccncc1)C(=O)N1CCC[C@H](N1)C(=O)OCC(C)(C)C2. The van der Waals surface area contributed by atoms with Crippen molar-refractivity contribution in [1.29, 1.82) is 0 Å². The molecule has 8 heterocycles. The van der Waals surface area contributed by atoms with Crippen LogP contribution in [0.3, 0.4) is 0 Å². The molecule has 4 aliphatic heterocycles. The first kappa shape index (κ1) is 42.7. The molecule has 5 atom stereocenters. The Balaban J connectivity index is 1.08. The van der Waals surface area contributed by atoms with Crippen LogP contribution in [-0.4, -0.2) is 113 Å². The van der Waals surface area contributed by atoms with Gasteiger partial charge in [0.05, 0.1) is 52.2 Å². The van der Waals surface area contributed by atoms with E-state index in [1.807, 2.05) is 18.3 Å². The van der Waals surface area contributed by atoms with Gasteiger partial charge in [0.25, 0.3) is 5.91 Å². The summed E-state index contributed by atoms with van der Waals surface area (Å²) < 4.78 is 14.7. The lowest BCUT2D eigenvalue weighted by atomic mass is 9.84. The van der Waals surface area contributed by atoms with E-state index in [1.54, 1.807) is 19.5 Å². The number of carbonyl (C=O) groups excluding carboxylic acids is 3. The van der Waals surface area contributed by atoms with Crippen molar-refractivity contribution in [3.63, 3.8) is 0 Å². The lowest BCUT2D eigenvalue weighted by Crippen LogP contribution is -2.60. The number of hydrazine groups is 1. The Labute approximate surface area is 378 Å². The number of hydrogen-bond donors (Lipinski definition) is 2. The van der Waals surface area contributed by atoms with Crippen LogP contribution >= 0.6 is 11.3 Å². The molecular formula is C49H59N9O5S. The number of rotatable bonds is 7. The van der Waals surface area contributed by atoms with Crippen LogP contribution in [-0.2, 0) is 49.7 Å². The number of nitrogens with zero attached hydrogens (tertiary/aromatic N) is 7. The molecule has 2 saturated heterocycles. The Morgan fingerprint density at radius 3 is 2.67 bits per heavy atom. The number of nitrogens with one attached hydrogen (secondary N) is 2. The van der Waals surface area contributed by atoms with E-state index in [0.29, 0.717) is 32.2 Å². The molecule has 10 rings (SSSR count). The largest absolute Gasteiger partial charge is 0.464 e. The second-order valence-electron chi connectivity index (χ2n) is 19.3. The maximum Gasteiger partial charge on any atom is 0.324 e. The number of carbonyl (C=O) groups is 3. The van der Waals surface area contributed by atoms with Crippen molar-refractivity contribution in [2.45, 2.75) is 96.4 Å². The molecule has 0 spiro atoms. The third-order valence-electron chi connectivity index (χ3n) is 14.0. The molecular weight excluding hydrogens is 827 g/mol. The Bertz CT molecular complexity index is 2580. The van der Waals surface area contributed by atoms with Crippen LogP contribution in [0.15, 0.2) is 54.3 Å². The number of anilines is 1. The maximum atomic E-state index is 14.4. The van der Waals surface area contributed by atoms with Crippen molar-refractivity contribution in [1.82, 2.24) is 40.2 Å². The Kier molecular flexibility index (Phi) is 11.5. The van der Waals surface area contributed by atoms with Gasteiger partial charge in [-0.3, -0.25) is 29.4 Å². The van der Waals surface area contributed by atoms with Crippen molar-refractivity contribution >= 4 is 45.7 Å². The number of likely N-dealkylation sites (N-methyl/N-ethyl adjacent to an activating group) is 1. The van der Waals surface area contributed by atoms with Gasteiger partial charge in [0, 0.05) is 98.4 Å².